The second-order valence-corrected chi connectivity index (χ2v) is 5.15. The molecule has 112 valence electrons. The van der Waals surface area contributed by atoms with Crippen molar-refractivity contribution in [2.24, 2.45) is 0 Å². The number of carbonyl (C=O) groups is 2. The lowest BCUT2D eigenvalue weighted by atomic mass is 10.0. The van der Waals surface area contributed by atoms with Gasteiger partial charge in [0, 0.05) is 18.5 Å². The zero-order valence-corrected chi connectivity index (χ0v) is 12.2. The Hall–Kier alpha value is -2.62. The predicted molar refractivity (Wildman–Crippen MR) is 84.3 cm³/mol. The summed E-state index contributed by atoms with van der Waals surface area (Å²) in [4.78, 5) is 26.0. The highest BCUT2D eigenvalue weighted by Gasteiger charge is 2.26. The minimum atomic E-state index is -0.0177. The molecule has 0 bridgehead atoms. The molecule has 22 heavy (non-hydrogen) atoms. The summed E-state index contributed by atoms with van der Waals surface area (Å²) in [5.74, 6) is 0.834. The highest BCUT2D eigenvalue weighted by Crippen LogP contribution is 2.27. The first kappa shape index (κ1) is 14.3. The summed E-state index contributed by atoms with van der Waals surface area (Å²) in [6.45, 7) is 0.773. The normalized spacial score (nSPS) is 13.6. The van der Waals surface area contributed by atoms with Crippen molar-refractivity contribution in [2.75, 3.05) is 18.1 Å². The monoisotopic (exact) mass is 295 g/mol. The van der Waals surface area contributed by atoms with Gasteiger partial charge in [0.15, 0.2) is 5.78 Å². The molecule has 1 aliphatic heterocycles. The number of Topliss-reactive ketones (excluding diaryl/α,β-unsaturated/α-hetero) is 1. The number of carbonyl (C=O) groups excluding carboxylic acids is 2. The smallest absolute Gasteiger partial charge is 0.230 e. The first-order chi connectivity index (χ1) is 10.8. The third-order valence-corrected chi connectivity index (χ3v) is 3.69. The van der Waals surface area contributed by atoms with Crippen molar-refractivity contribution in [3.8, 4) is 5.75 Å². The molecule has 0 aromatic heterocycles. The van der Waals surface area contributed by atoms with Crippen molar-refractivity contribution in [1.82, 2.24) is 0 Å². The van der Waals surface area contributed by atoms with Gasteiger partial charge in [0.05, 0.1) is 18.7 Å². The summed E-state index contributed by atoms with van der Waals surface area (Å²) < 4.78 is 5.56. The Morgan fingerprint density at radius 3 is 2.59 bits per heavy atom. The average molecular weight is 295 g/mol. The summed E-state index contributed by atoms with van der Waals surface area (Å²) in [5.41, 5.74) is 1.34. The maximum absolute atomic E-state index is 12.4. The number of hydrogen-bond acceptors (Lipinski definition) is 3. The minimum absolute atomic E-state index is 0.0177. The third-order valence-electron chi connectivity index (χ3n) is 3.69. The molecular formula is C18H17NO3. The van der Waals surface area contributed by atoms with E-state index in [1.165, 1.54) is 0 Å². The zero-order valence-electron chi connectivity index (χ0n) is 12.2. The van der Waals surface area contributed by atoms with E-state index in [1.54, 1.807) is 11.0 Å². The summed E-state index contributed by atoms with van der Waals surface area (Å²) >= 11 is 0. The van der Waals surface area contributed by atoms with Crippen molar-refractivity contribution in [2.45, 2.75) is 12.8 Å². The third kappa shape index (κ3) is 3.01. The topological polar surface area (TPSA) is 46.6 Å². The van der Waals surface area contributed by atoms with Crippen molar-refractivity contribution in [3.05, 3.63) is 60.2 Å². The number of fused-ring (bicyclic) bond motifs is 1. The number of anilines is 1. The van der Waals surface area contributed by atoms with Gasteiger partial charge in [-0.25, -0.2) is 0 Å². The lowest BCUT2D eigenvalue weighted by Gasteiger charge is -2.28. The Kier molecular flexibility index (Phi) is 4.19. The summed E-state index contributed by atoms with van der Waals surface area (Å²) in [7, 11) is 0. The number of amides is 1. The zero-order chi connectivity index (χ0) is 15.4. The fraction of sp³-hybridized carbons (Fsp3) is 0.222. The molecule has 0 N–H and O–H groups in total. The average Bonchev–Trinajstić information content (AvgIpc) is 2.56. The second kappa shape index (κ2) is 6.43. The predicted octanol–water partition coefficient (Wildman–Crippen LogP) is 3.08. The van der Waals surface area contributed by atoms with Crippen LogP contribution in [0.15, 0.2) is 54.6 Å². The summed E-state index contributed by atoms with van der Waals surface area (Å²) in [5, 5.41) is 0. The Bertz CT molecular complexity index is 682. The fourth-order valence-corrected chi connectivity index (χ4v) is 2.58. The highest BCUT2D eigenvalue weighted by molar-refractivity contribution is 6.08. The maximum Gasteiger partial charge on any atom is 0.230 e. The molecule has 4 nitrogen and oxygen atoms in total. The molecule has 3 rings (SSSR count). The number of rotatable bonds is 4. The lowest BCUT2D eigenvalue weighted by molar-refractivity contribution is -0.119. The van der Waals surface area contributed by atoms with E-state index in [-0.39, 0.29) is 18.1 Å². The standard InChI is InChI=1S/C18H17NO3/c20-17-10-12-19(16-9-5-4-8-15(16)17)18(21)11-13-22-14-6-2-1-3-7-14/h1-9H,10-13H2. The van der Waals surface area contributed by atoms with Crippen molar-refractivity contribution >= 4 is 17.4 Å². The van der Waals surface area contributed by atoms with E-state index in [9.17, 15) is 9.59 Å². The SMILES string of the molecule is O=C1CCN(C(=O)CCOc2ccccc2)c2ccccc21. The van der Waals surface area contributed by atoms with E-state index in [1.807, 2.05) is 48.5 Å². The molecule has 0 saturated carbocycles. The van der Waals surface area contributed by atoms with Crippen LogP contribution in [0.1, 0.15) is 23.2 Å². The summed E-state index contributed by atoms with van der Waals surface area (Å²) in [6, 6.07) is 16.7. The second-order valence-electron chi connectivity index (χ2n) is 5.15. The molecule has 4 heteroatoms. The highest BCUT2D eigenvalue weighted by atomic mass is 16.5. The molecule has 2 aromatic carbocycles. The van der Waals surface area contributed by atoms with Crippen LogP contribution in [0.4, 0.5) is 5.69 Å². The first-order valence-corrected chi connectivity index (χ1v) is 7.36. The Balaban J connectivity index is 1.63. The molecule has 0 atom stereocenters. The van der Waals surface area contributed by atoms with Crippen LogP contribution in [-0.4, -0.2) is 24.8 Å². The number of hydrogen-bond donors (Lipinski definition) is 0. The van der Waals surface area contributed by atoms with Crippen LogP contribution in [0.2, 0.25) is 0 Å². The van der Waals surface area contributed by atoms with Crippen LogP contribution in [0.5, 0.6) is 5.75 Å². The molecule has 2 aromatic rings. The van der Waals surface area contributed by atoms with Gasteiger partial charge in [-0.3, -0.25) is 9.59 Å². The van der Waals surface area contributed by atoms with Crippen molar-refractivity contribution in [3.63, 3.8) is 0 Å². The largest absolute Gasteiger partial charge is 0.493 e. The molecule has 0 saturated heterocycles. The van der Waals surface area contributed by atoms with Crippen molar-refractivity contribution in [1.29, 1.82) is 0 Å². The molecule has 0 radical (unpaired) electrons. The lowest BCUT2D eigenvalue weighted by Crippen LogP contribution is -2.38. The molecule has 1 amide bonds. The Labute approximate surface area is 129 Å². The van der Waals surface area contributed by atoms with Crippen LogP contribution in [0.25, 0.3) is 0 Å². The number of benzene rings is 2. The quantitative estimate of drug-likeness (QED) is 0.871. The summed E-state index contributed by atoms with van der Waals surface area (Å²) in [6.07, 6.45) is 0.666. The number of ketones is 1. The number of para-hydroxylation sites is 2. The molecular weight excluding hydrogens is 278 g/mol. The van der Waals surface area contributed by atoms with E-state index in [0.717, 1.165) is 5.75 Å². The van der Waals surface area contributed by atoms with Crippen LogP contribution >= 0.6 is 0 Å². The Morgan fingerprint density at radius 1 is 1.05 bits per heavy atom. The molecule has 1 heterocycles. The van der Waals surface area contributed by atoms with Crippen LogP contribution < -0.4 is 9.64 Å². The van der Waals surface area contributed by atoms with Gasteiger partial charge < -0.3 is 9.64 Å². The van der Waals surface area contributed by atoms with Crippen LogP contribution in [-0.2, 0) is 4.79 Å². The Morgan fingerprint density at radius 2 is 1.77 bits per heavy atom. The molecule has 1 aliphatic rings. The fourth-order valence-electron chi connectivity index (χ4n) is 2.58. The first-order valence-electron chi connectivity index (χ1n) is 7.36. The van der Waals surface area contributed by atoms with Gasteiger partial charge >= 0.3 is 0 Å². The van der Waals surface area contributed by atoms with E-state index in [2.05, 4.69) is 0 Å². The van der Waals surface area contributed by atoms with E-state index >= 15 is 0 Å². The minimum Gasteiger partial charge on any atom is -0.493 e. The molecule has 0 spiro atoms. The van der Waals surface area contributed by atoms with Gasteiger partial charge in [0.1, 0.15) is 5.75 Å². The van der Waals surface area contributed by atoms with Gasteiger partial charge in [0.25, 0.3) is 0 Å². The van der Waals surface area contributed by atoms with E-state index < -0.39 is 0 Å². The van der Waals surface area contributed by atoms with Crippen molar-refractivity contribution < 1.29 is 14.3 Å². The van der Waals surface area contributed by atoms with Gasteiger partial charge in [0.2, 0.25) is 5.91 Å². The van der Waals surface area contributed by atoms with Gasteiger partial charge in [-0.15, -0.1) is 0 Å². The maximum atomic E-state index is 12.4. The molecule has 0 unspecified atom stereocenters. The molecule has 0 aliphatic carbocycles. The van der Waals surface area contributed by atoms with Gasteiger partial charge in [-0.1, -0.05) is 30.3 Å². The van der Waals surface area contributed by atoms with Crippen LogP contribution in [0.3, 0.4) is 0 Å². The van der Waals surface area contributed by atoms with Gasteiger partial charge in [-0.05, 0) is 24.3 Å². The van der Waals surface area contributed by atoms with E-state index in [0.29, 0.717) is 30.8 Å². The number of ether oxygens (including phenoxy) is 1. The van der Waals surface area contributed by atoms with Crippen LogP contribution in [0, 0.1) is 0 Å². The number of nitrogens with zero attached hydrogens (tertiary/aromatic N) is 1. The molecule has 0 fully saturated rings. The van der Waals surface area contributed by atoms with Gasteiger partial charge in [-0.2, -0.15) is 0 Å². The van der Waals surface area contributed by atoms with E-state index in [4.69, 9.17) is 4.74 Å².